The van der Waals surface area contributed by atoms with E-state index in [1.165, 1.54) is 10.8 Å². The van der Waals surface area contributed by atoms with E-state index in [2.05, 4.69) is 45.4 Å². The summed E-state index contributed by atoms with van der Waals surface area (Å²) in [6.45, 7) is 0.966. The standard InChI is InChI=1S/C16H22NO.HI/c1-17(2,3)11-10-16(18)15-9-8-13-6-4-5-7-14(13)12-15;/h4-9,12,16,18H,10-11H2,1-3H3;1H/q+1;/p-1. The van der Waals surface area contributed by atoms with Crippen molar-refractivity contribution < 1.29 is 33.6 Å². The maximum atomic E-state index is 10.2. The Kier molecular flexibility index (Phi) is 5.77. The van der Waals surface area contributed by atoms with Crippen molar-refractivity contribution in [3.8, 4) is 0 Å². The molecule has 0 bridgehead atoms. The van der Waals surface area contributed by atoms with Gasteiger partial charge >= 0.3 is 0 Å². The molecule has 2 aromatic rings. The monoisotopic (exact) mass is 371 g/mol. The number of aliphatic hydroxyl groups excluding tert-OH is 1. The van der Waals surface area contributed by atoms with Crippen molar-refractivity contribution in [1.82, 2.24) is 0 Å². The number of nitrogens with zero attached hydrogens (tertiary/aromatic N) is 1. The van der Waals surface area contributed by atoms with Gasteiger partial charge in [-0.05, 0) is 22.4 Å². The Labute approximate surface area is 132 Å². The number of fused-ring (bicyclic) bond motifs is 1. The van der Waals surface area contributed by atoms with Crippen LogP contribution in [0, 0.1) is 0 Å². The van der Waals surface area contributed by atoms with Crippen molar-refractivity contribution in [3.05, 3.63) is 48.0 Å². The highest BCUT2D eigenvalue weighted by Gasteiger charge is 2.13. The molecule has 0 aromatic heterocycles. The third-order valence-corrected chi connectivity index (χ3v) is 3.23. The Morgan fingerprint density at radius 3 is 2.26 bits per heavy atom. The van der Waals surface area contributed by atoms with Crippen LogP contribution in [0.5, 0.6) is 0 Å². The average molecular weight is 371 g/mol. The Morgan fingerprint density at radius 1 is 1.00 bits per heavy atom. The van der Waals surface area contributed by atoms with E-state index in [4.69, 9.17) is 0 Å². The molecule has 0 saturated carbocycles. The van der Waals surface area contributed by atoms with Gasteiger partial charge in [-0.1, -0.05) is 36.4 Å². The minimum Gasteiger partial charge on any atom is -1.00 e. The molecule has 1 atom stereocenters. The first kappa shape index (κ1) is 16.4. The summed E-state index contributed by atoms with van der Waals surface area (Å²) in [7, 11) is 6.44. The van der Waals surface area contributed by atoms with E-state index in [0.717, 1.165) is 23.0 Å². The molecule has 2 nitrogen and oxygen atoms in total. The zero-order valence-corrected chi connectivity index (χ0v) is 14.0. The maximum absolute atomic E-state index is 10.2. The minimum absolute atomic E-state index is 0. The lowest BCUT2D eigenvalue weighted by Gasteiger charge is -2.25. The molecular formula is C16H22INO. The van der Waals surface area contributed by atoms with E-state index in [0.29, 0.717) is 0 Å². The van der Waals surface area contributed by atoms with Gasteiger partial charge < -0.3 is 33.6 Å². The molecule has 0 heterocycles. The van der Waals surface area contributed by atoms with Gasteiger partial charge in [0.05, 0.1) is 33.8 Å². The van der Waals surface area contributed by atoms with Crippen LogP contribution in [0.1, 0.15) is 18.1 Å². The summed E-state index contributed by atoms with van der Waals surface area (Å²) >= 11 is 0. The normalized spacial score (nSPS) is 13.1. The van der Waals surface area contributed by atoms with Gasteiger partial charge in [0, 0.05) is 6.42 Å². The number of quaternary nitrogens is 1. The van der Waals surface area contributed by atoms with E-state index in [-0.39, 0.29) is 30.1 Å². The van der Waals surface area contributed by atoms with Gasteiger partial charge in [-0.15, -0.1) is 0 Å². The lowest BCUT2D eigenvalue weighted by molar-refractivity contribution is -0.871. The van der Waals surface area contributed by atoms with Crippen LogP contribution in [0.15, 0.2) is 42.5 Å². The number of aliphatic hydroxyl groups is 1. The van der Waals surface area contributed by atoms with Crippen LogP contribution in [0.3, 0.4) is 0 Å². The second kappa shape index (κ2) is 6.68. The van der Waals surface area contributed by atoms with Crippen LogP contribution in [-0.4, -0.2) is 37.3 Å². The fraction of sp³-hybridized carbons (Fsp3) is 0.375. The fourth-order valence-corrected chi connectivity index (χ4v) is 2.09. The van der Waals surface area contributed by atoms with Crippen LogP contribution >= 0.6 is 0 Å². The Balaban J connectivity index is 0.00000180. The van der Waals surface area contributed by atoms with Gasteiger partial charge in [0.25, 0.3) is 0 Å². The number of benzene rings is 2. The summed E-state index contributed by atoms with van der Waals surface area (Å²) in [5.74, 6) is 0. The molecule has 0 aliphatic heterocycles. The van der Waals surface area contributed by atoms with Crippen LogP contribution in [0.25, 0.3) is 10.8 Å². The van der Waals surface area contributed by atoms with E-state index < -0.39 is 0 Å². The predicted octanol–water partition coefficient (Wildman–Crippen LogP) is -0.0265. The molecule has 0 amide bonds. The molecule has 0 spiro atoms. The summed E-state index contributed by atoms with van der Waals surface area (Å²) in [5, 5.41) is 12.6. The highest BCUT2D eigenvalue weighted by molar-refractivity contribution is 5.83. The van der Waals surface area contributed by atoms with E-state index in [1.807, 2.05) is 18.2 Å². The van der Waals surface area contributed by atoms with Crippen molar-refractivity contribution in [1.29, 1.82) is 0 Å². The molecule has 2 rings (SSSR count). The molecule has 1 N–H and O–H groups in total. The third kappa shape index (κ3) is 4.75. The van der Waals surface area contributed by atoms with Crippen LogP contribution in [0.4, 0.5) is 0 Å². The molecule has 0 saturated heterocycles. The second-order valence-corrected chi connectivity index (χ2v) is 5.92. The molecule has 19 heavy (non-hydrogen) atoms. The lowest BCUT2D eigenvalue weighted by Crippen LogP contribution is -3.00. The quantitative estimate of drug-likeness (QED) is 0.592. The number of hydrogen-bond donors (Lipinski definition) is 1. The SMILES string of the molecule is C[N+](C)(C)CCC(O)c1ccc2ccccc2c1.[I-]. The maximum Gasteiger partial charge on any atom is 0.0843 e. The van der Waals surface area contributed by atoms with Crippen LogP contribution in [-0.2, 0) is 0 Å². The van der Waals surface area contributed by atoms with E-state index in [1.54, 1.807) is 0 Å². The summed E-state index contributed by atoms with van der Waals surface area (Å²) < 4.78 is 0.880. The second-order valence-electron chi connectivity index (χ2n) is 5.92. The third-order valence-electron chi connectivity index (χ3n) is 3.23. The summed E-state index contributed by atoms with van der Waals surface area (Å²) in [6.07, 6.45) is 0.425. The minimum atomic E-state index is -0.369. The molecule has 0 fully saturated rings. The van der Waals surface area contributed by atoms with Crippen LogP contribution < -0.4 is 24.0 Å². The first-order chi connectivity index (χ1) is 8.46. The topological polar surface area (TPSA) is 20.2 Å². The van der Waals surface area contributed by atoms with Gasteiger partial charge in [0.15, 0.2) is 0 Å². The van der Waals surface area contributed by atoms with E-state index >= 15 is 0 Å². The van der Waals surface area contributed by atoms with Crippen molar-refractivity contribution in [2.75, 3.05) is 27.7 Å². The van der Waals surface area contributed by atoms with Crippen molar-refractivity contribution >= 4 is 10.8 Å². The fourth-order valence-electron chi connectivity index (χ4n) is 2.09. The Hall–Kier alpha value is -0.650. The highest BCUT2D eigenvalue weighted by atomic mass is 127. The van der Waals surface area contributed by atoms with Gasteiger partial charge in [0.2, 0.25) is 0 Å². The molecule has 0 aliphatic rings. The smallest absolute Gasteiger partial charge is 0.0843 e. The van der Waals surface area contributed by atoms with Crippen molar-refractivity contribution in [2.45, 2.75) is 12.5 Å². The largest absolute Gasteiger partial charge is 1.00 e. The van der Waals surface area contributed by atoms with Crippen LogP contribution in [0.2, 0.25) is 0 Å². The van der Waals surface area contributed by atoms with Crippen molar-refractivity contribution in [2.24, 2.45) is 0 Å². The zero-order chi connectivity index (χ0) is 13.2. The van der Waals surface area contributed by atoms with Gasteiger partial charge in [0.1, 0.15) is 0 Å². The lowest BCUT2D eigenvalue weighted by atomic mass is 10.0. The molecule has 2 aromatic carbocycles. The number of halogens is 1. The first-order valence-corrected chi connectivity index (χ1v) is 6.43. The molecule has 1 unspecified atom stereocenters. The zero-order valence-electron chi connectivity index (χ0n) is 11.8. The number of hydrogen-bond acceptors (Lipinski definition) is 1. The predicted molar refractivity (Wildman–Crippen MR) is 76.4 cm³/mol. The molecule has 0 radical (unpaired) electrons. The molecule has 0 aliphatic carbocycles. The summed E-state index contributed by atoms with van der Waals surface area (Å²) in [6, 6.07) is 14.5. The molecule has 3 heteroatoms. The first-order valence-electron chi connectivity index (χ1n) is 6.43. The number of rotatable bonds is 4. The summed E-state index contributed by atoms with van der Waals surface area (Å²) in [4.78, 5) is 0. The highest BCUT2D eigenvalue weighted by Crippen LogP contribution is 2.22. The van der Waals surface area contributed by atoms with Gasteiger partial charge in [-0.3, -0.25) is 0 Å². The van der Waals surface area contributed by atoms with Crippen molar-refractivity contribution in [3.63, 3.8) is 0 Å². The van der Waals surface area contributed by atoms with Gasteiger partial charge in [-0.2, -0.15) is 0 Å². The summed E-state index contributed by atoms with van der Waals surface area (Å²) in [5.41, 5.74) is 1.02. The Bertz CT molecular complexity index is 534. The molecular weight excluding hydrogens is 349 g/mol. The average Bonchev–Trinajstić information content (AvgIpc) is 2.34. The molecule has 104 valence electrons. The Morgan fingerprint density at radius 2 is 1.63 bits per heavy atom. The van der Waals surface area contributed by atoms with E-state index in [9.17, 15) is 5.11 Å². The van der Waals surface area contributed by atoms with Gasteiger partial charge in [-0.25, -0.2) is 0 Å².